The van der Waals surface area contributed by atoms with E-state index in [9.17, 15) is 0 Å². The molecule has 0 aromatic heterocycles. The van der Waals surface area contributed by atoms with Crippen LogP contribution in [0.5, 0.6) is 0 Å². The van der Waals surface area contributed by atoms with Gasteiger partial charge in [0.15, 0.2) is 5.96 Å². The van der Waals surface area contributed by atoms with Gasteiger partial charge in [-0.05, 0) is 56.1 Å². The number of nitrogens with zero attached hydrogens (tertiary/aromatic N) is 2. The first-order valence-electron chi connectivity index (χ1n) is 9.13. The molecule has 4 nitrogen and oxygen atoms in total. The summed E-state index contributed by atoms with van der Waals surface area (Å²) in [4.78, 5) is 6.97. The number of anilines is 1. The van der Waals surface area contributed by atoms with E-state index in [1.165, 1.54) is 49.0 Å². The predicted octanol–water partition coefficient (Wildman–Crippen LogP) is 3.91. The third kappa shape index (κ3) is 5.61. The summed E-state index contributed by atoms with van der Waals surface area (Å²) in [6.07, 6.45) is 4.05. The van der Waals surface area contributed by atoms with Crippen LogP contribution in [0.1, 0.15) is 36.0 Å². The van der Waals surface area contributed by atoms with E-state index in [0.29, 0.717) is 12.5 Å². The minimum atomic E-state index is 0.446. The van der Waals surface area contributed by atoms with Crippen LogP contribution in [0.25, 0.3) is 0 Å². The highest BCUT2D eigenvalue weighted by Crippen LogP contribution is 2.14. The van der Waals surface area contributed by atoms with E-state index in [4.69, 9.17) is 5.73 Å². The van der Waals surface area contributed by atoms with Crippen molar-refractivity contribution < 1.29 is 0 Å². The Labute approximate surface area is 150 Å². The molecule has 2 aromatic carbocycles. The second kappa shape index (κ2) is 8.67. The Morgan fingerprint density at radius 3 is 2.28 bits per heavy atom. The van der Waals surface area contributed by atoms with Gasteiger partial charge < -0.3 is 11.1 Å². The Bertz CT molecular complexity index is 683. The van der Waals surface area contributed by atoms with Crippen LogP contribution in [0.3, 0.4) is 0 Å². The fraction of sp³-hybridized carbons (Fsp3) is 0.381. The van der Waals surface area contributed by atoms with Crippen molar-refractivity contribution in [2.75, 3.05) is 18.4 Å². The first-order valence-corrected chi connectivity index (χ1v) is 9.13. The molecule has 25 heavy (non-hydrogen) atoms. The minimum absolute atomic E-state index is 0.446. The molecule has 0 unspecified atom stereocenters. The number of hydrogen-bond donors (Lipinski definition) is 2. The van der Waals surface area contributed by atoms with Crippen LogP contribution in [0, 0.1) is 6.92 Å². The van der Waals surface area contributed by atoms with Crippen LogP contribution in [-0.2, 0) is 13.1 Å². The molecule has 1 aliphatic rings. The number of rotatable bonds is 5. The Kier molecular flexibility index (Phi) is 6.07. The monoisotopic (exact) mass is 336 g/mol. The van der Waals surface area contributed by atoms with Crippen molar-refractivity contribution >= 4 is 11.6 Å². The Morgan fingerprint density at radius 2 is 1.60 bits per heavy atom. The van der Waals surface area contributed by atoms with Gasteiger partial charge >= 0.3 is 0 Å². The first-order chi connectivity index (χ1) is 12.2. The Hall–Kier alpha value is -2.33. The molecule has 0 aliphatic carbocycles. The summed E-state index contributed by atoms with van der Waals surface area (Å²) < 4.78 is 0. The summed E-state index contributed by atoms with van der Waals surface area (Å²) in [5.74, 6) is 0.446. The standard InChI is InChI=1S/C21H28N4/c1-17-5-11-20(12-6-17)24-21(22)23-15-18-7-9-19(10-8-18)16-25-13-3-2-4-14-25/h5-12H,2-4,13-16H2,1H3,(H3,22,23,24). The smallest absolute Gasteiger partial charge is 0.193 e. The number of guanidine groups is 1. The fourth-order valence-corrected chi connectivity index (χ4v) is 3.13. The molecule has 0 spiro atoms. The lowest BCUT2D eigenvalue weighted by atomic mass is 10.1. The summed E-state index contributed by atoms with van der Waals surface area (Å²) in [5, 5.41) is 3.13. The number of piperidine rings is 1. The van der Waals surface area contributed by atoms with Crippen LogP contribution in [0.4, 0.5) is 5.69 Å². The van der Waals surface area contributed by atoms with Gasteiger partial charge in [0.1, 0.15) is 0 Å². The number of likely N-dealkylation sites (tertiary alicyclic amines) is 1. The fourth-order valence-electron chi connectivity index (χ4n) is 3.13. The molecule has 0 bridgehead atoms. The number of nitrogens with one attached hydrogen (secondary N) is 1. The molecular weight excluding hydrogens is 308 g/mol. The van der Waals surface area contributed by atoms with Crippen molar-refractivity contribution in [1.29, 1.82) is 0 Å². The van der Waals surface area contributed by atoms with Gasteiger partial charge in [0, 0.05) is 12.2 Å². The van der Waals surface area contributed by atoms with E-state index in [1.807, 2.05) is 12.1 Å². The average Bonchev–Trinajstić information content (AvgIpc) is 2.64. The van der Waals surface area contributed by atoms with Crippen molar-refractivity contribution in [2.24, 2.45) is 10.7 Å². The van der Waals surface area contributed by atoms with Crippen LogP contribution in [0.2, 0.25) is 0 Å². The third-order valence-corrected chi connectivity index (χ3v) is 4.63. The number of aliphatic imine (C=N–C) groups is 1. The van der Waals surface area contributed by atoms with Crippen molar-refractivity contribution in [3.8, 4) is 0 Å². The molecule has 2 aromatic rings. The zero-order valence-corrected chi connectivity index (χ0v) is 15.0. The molecule has 0 atom stereocenters. The molecule has 0 radical (unpaired) electrons. The van der Waals surface area contributed by atoms with Gasteiger partial charge in [0.05, 0.1) is 6.54 Å². The van der Waals surface area contributed by atoms with E-state index in [2.05, 4.69) is 58.5 Å². The van der Waals surface area contributed by atoms with Crippen molar-refractivity contribution in [2.45, 2.75) is 39.3 Å². The topological polar surface area (TPSA) is 53.6 Å². The highest BCUT2D eigenvalue weighted by Gasteiger charge is 2.10. The lowest BCUT2D eigenvalue weighted by molar-refractivity contribution is 0.221. The molecule has 1 saturated heterocycles. The van der Waals surface area contributed by atoms with Crippen molar-refractivity contribution in [3.63, 3.8) is 0 Å². The number of nitrogens with two attached hydrogens (primary N) is 1. The predicted molar refractivity (Wildman–Crippen MR) is 106 cm³/mol. The molecule has 132 valence electrons. The van der Waals surface area contributed by atoms with Crippen LogP contribution in [-0.4, -0.2) is 23.9 Å². The van der Waals surface area contributed by atoms with Crippen molar-refractivity contribution in [1.82, 2.24) is 4.90 Å². The molecule has 3 N–H and O–H groups in total. The first kappa shape index (κ1) is 17.5. The Morgan fingerprint density at radius 1 is 0.960 bits per heavy atom. The van der Waals surface area contributed by atoms with E-state index in [1.54, 1.807) is 0 Å². The third-order valence-electron chi connectivity index (χ3n) is 4.63. The maximum Gasteiger partial charge on any atom is 0.193 e. The maximum absolute atomic E-state index is 5.98. The van der Waals surface area contributed by atoms with E-state index >= 15 is 0 Å². The van der Waals surface area contributed by atoms with Gasteiger partial charge in [-0.2, -0.15) is 0 Å². The Balaban J connectivity index is 1.51. The van der Waals surface area contributed by atoms with Crippen LogP contribution >= 0.6 is 0 Å². The zero-order chi connectivity index (χ0) is 17.5. The summed E-state index contributed by atoms with van der Waals surface area (Å²) >= 11 is 0. The number of aryl methyl sites for hydroxylation is 1. The second-order valence-electron chi connectivity index (χ2n) is 6.85. The van der Waals surface area contributed by atoms with Gasteiger partial charge in [-0.3, -0.25) is 4.90 Å². The quantitative estimate of drug-likeness (QED) is 0.643. The lowest BCUT2D eigenvalue weighted by Crippen LogP contribution is -2.29. The molecule has 1 fully saturated rings. The van der Waals surface area contributed by atoms with Crippen LogP contribution in [0.15, 0.2) is 53.5 Å². The van der Waals surface area contributed by atoms with Gasteiger partial charge in [0.25, 0.3) is 0 Å². The summed E-state index contributed by atoms with van der Waals surface area (Å²) in [6.45, 7) is 6.17. The summed E-state index contributed by atoms with van der Waals surface area (Å²) in [5.41, 5.74) is 10.7. The van der Waals surface area contributed by atoms with Gasteiger partial charge in [0.2, 0.25) is 0 Å². The largest absolute Gasteiger partial charge is 0.370 e. The minimum Gasteiger partial charge on any atom is -0.370 e. The molecule has 4 heteroatoms. The highest BCUT2D eigenvalue weighted by molar-refractivity contribution is 5.92. The average molecular weight is 336 g/mol. The summed E-state index contributed by atoms with van der Waals surface area (Å²) in [6, 6.07) is 16.9. The van der Waals surface area contributed by atoms with E-state index < -0.39 is 0 Å². The highest BCUT2D eigenvalue weighted by atomic mass is 15.1. The van der Waals surface area contributed by atoms with Gasteiger partial charge in [-0.15, -0.1) is 0 Å². The molecule has 0 amide bonds. The normalized spacial score (nSPS) is 16.0. The number of benzene rings is 2. The zero-order valence-electron chi connectivity index (χ0n) is 15.0. The lowest BCUT2D eigenvalue weighted by Gasteiger charge is -2.26. The summed E-state index contributed by atoms with van der Waals surface area (Å²) in [7, 11) is 0. The molecule has 1 aliphatic heterocycles. The molecule has 3 rings (SSSR count). The van der Waals surface area contributed by atoms with Gasteiger partial charge in [-0.1, -0.05) is 48.4 Å². The van der Waals surface area contributed by atoms with Gasteiger partial charge in [-0.25, -0.2) is 4.99 Å². The number of hydrogen-bond acceptors (Lipinski definition) is 2. The SMILES string of the molecule is Cc1ccc(NC(N)=NCc2ccc(CN3CCCCC3)cc2)cc1. The van der Waals surface area contributed by atoms with E-state index in [0.717, 1.165) is 12.2 Å². The molecule has 1 heterocycles. The molecule has 0 saturated carbocycles. The second-order valence-corrected chi connectivity index (χ2v) is 6.85. The van der Waals surface area contributed by atoms with Crippen molar-refractivity contribution in [3.05, 3.63) is 65.2 Å². The van der Waals surface area contributed by atoms with E-state index in [-0.39, 0.29) is 0 Å². The molecular formula is C21H28N4. The maximum atomic E-state index is 5.98. The van der Waals surface area contributed by atoms with Crippen LogP contribution < -0.4 is 11.1 Å².